The number of thiazole rings is 1. The summed E-state index contributed by atoms with van der Waals surface area (Å²) in [7, 11) is 1.28. The third-order valence-corrected chi connectivity index (χ3v) is 8.25. The molecule has 2 atom stereocenters. The predicted molar refractivity (Wildman–Crippen MR) is 131 cm³/mol. The molecule has 2 amide bonds. The number of carboxylic acid groups (broad SMARTS) is 1. The van der Waals surface area contributed by atoms with E-state index in [2.05, 4.69) is 30.5 Å². The summed E-state index contributed by atoms with van der Waals surface area (Å²) in [6.07, 6.45) is 3.10. The van der Waals surface area contributed by atoms with E-state index in [1.165, 1.54) is 46.4 Å². The molecule has 0 aliphatic carbocycles. The Labute approximate surface area is 215 Å². The van der Waals surface area contributed by atoms with Crippen molar-refractivity contribution in [3.63, 3.8) is 0 Å². The highest BCUT2D eigenvalue weighted by atomic mass is 32.2. The molecular formula is C19H17N9O5S3. The molecule has 3 aromatic heterocycles. The molecule has 0 bridgehead atoms. The minimum absolute atomic E-state index is 0.0802. The van der Waals surface area contributed by atoms with Gasteiger partial charge in [-0.25, -0.2) is 19.3 Å². The minimum atomic E-state index is -1.21. The Morgan fingerprint density at radius 3 is 2.97 bits per heavy atom. The molecule has 17 heteroatoms. The summed E-state index contributed by atoms with van der Waals surface area (Å²) in [5, 5.41) is 22.1. The van der Waals surface area contributed by atoms with Crippen LogP contribution in [0.3, 0.4) is 0 Å². The van der Waals surface area contributed by atoms with Crippen molar-refractivity contribution in [3.8, 4) is 0 Å². The van der Waals surface area contributed by atoms with E-state index >= 15 is 0 Å². The second kappa shape index (κ2) is 9.75. The van der Waals surface area contributed by atoms with Gasteiger partial charge in [-0.2, -0.15) is 10.1 Å². The van der Waals surface area contributed by atoms with Gasteiger partial charge in [0.15, 0.2) is 10.8 Å². The first-order valence-electron chi connectivity index (χ1n) is 10.2. The highest BCUT2D eigenvalue weighted by Crippen LogP contribution is 2.41. The van der Waals surface area contributed by atoms with E-state index in [9.17, 15) is 19.5 Å². The number of carboxylic acids is 1. The van der Waals surface area contributed by atoms with Crippen LogP contribution in [0.15, 0.2) is 45.4 Å². The summed E-state index contributed by atoms with van der Waals surface area (Å²) in [6, 6.07) is 0.822. The van der Waals surface area contributed by atoms with Crippen LogP contribution in [-0.4, -0.2) is 88.1 Å². The number of carbonyl (C=O) groups excluding carboxylic acids is 2. The molecule has 5 heterocycles. The highest BCUT2D eigenvalue weighted by Gasteiger charge is 2.54. The van der Waals surface area contributed by atoms with Gasteiger partial charge in [0.1, 0.15) is 41.3 Å². The molecule has 0 saturated carbocycles. The first-order chi connectivity index (χ1) is 17.4. The number of β-lactam (4-membered cyclic amide) rings is 1. The van der Waals surface area contributed by atoms with Crippen LogP contribution in [0.5, 0.6) is 0 Å². The van der Waals surface area contributed by atoms with Crippen LogP contribution in [0.25, 0.3) is 5.78 Å². The van der Waals surface area contributed by atoms with Crippen molar-refractivity contribution in [2.45, 2.75) is 16.4 Å². The molecule has 5 rings (SSSR count). The van der Waals surface area contributed by atoms with E-state index in [4.69, 9.17) is 10.6 Å². The molecule has 2 aliphatic heterocycles. The molecule has 186 valence electrons. The lowest BCUT2D eigenvalue weighted by molar-refractivity contribution is -0.150. The highest BCUT2D eigenvalue weighted by molar-refractivity contribution is 8.01. The summed E-state index contributed by atoms with van der Waals surface area (Å²) < 4.78 is 1.52. The van der Waals surface area contributed by atoms with Gasteiger partial charge >= 0.3 is 5.97 Å². The van der Waals surface area contributed by atoms with Gasteiger partial charge in [-0.05, 0) is 11.6 Å². The number of fused-ring (bicyclic) bond motifs is 2. The molecule has 0 spiro atoms. The number of amides is 2. The van der Waals surface area contributed by atoms with Gasteiger partial charge in [0.05, 0.1) is 0 Å². The van der Waals surface area contributed by atoms with Crippen molar-refractivity contribution >= 4 is 69.3 Å². The summed E-state index contributed by atoms with van der Waals surface area (Å²) in [5.41, 5.74) is 6.21. The zero-order valence-corrected chi connectivity index (χ0v) is 20.8. The summed E-state index contributed by atoms with van der Waals surface area (Å²) in [5.74, 6) is -1.32. The van der Waals surface area contributed by atoms with Crippen molar-refractivity contribution in [1.29, 1.82) is 0 Å². The number of thioether (sulfide) groups is 2. The molecule has 1 saturated heterocycles. The van der Waals surface area contributed by atoms with Crippen LogP contribution in [0.4, 0.5) is 5.13 Å². The van der Waals surface area contributed by atoms with Gasteiger partial charge in [-0.3, -0.25) is 14.5 Å². The number of hydrogen-bond donors (Lipinski definition) is 3. The molecule has 1 fully saturated rings. The Morgan fingerprint density at radius 2 is 2.25 bits per heavy atom. The lowest BCUT2D eigenvalue weighted by atomic mass is 10.0. The quantitative estimate of drug-likeness (QED) is 0.113. The molecule has 0 unspecified atom stereocenters. The van der Waals surface area contributed by atoms with Crippen LogP contribution < -0.4 is 11.1 Å². The summed E-state index contributed by atoms with van der Waals surface area (Å²) in [4.78, 5) is 56.3. The molecule has 2 aliphatic rings. The number of oxime groups is 1. The molecule has 4 N–H and O–H groups in total. The van der Waals surface area contributed by atoms with Crippen molar-refractivity contribution < 1.29 is 24.3 Å². The third-order valence-electron chi connectivity index (χ3n) is 5.22. The topological polar surface area (TPSA) is 190 Å². The van der Waals surface area contributed by atoms with Crippen LogP contribution in [0.1, 0.15) is 5.69 Å². The fraction of sp³-hybridized carbons (Fsp3) is 0.263. The maximum Gasteiger partial charge on any atom is 0.352 e. The largest absolute Gasteiger partial charge is 0.477 e. The molecular weight excluding hydrogens is 530 g/mol. The molecule has 0 radical (unpaired) electrons. The Hall–Kier alpha value is -3.70. The number of carbonyl (C=O) groups is 3. The van der Waals surface area contributed by atoms with Crippen LogP contribution in [-0.2, 0) is 19.2 Å². The Bertz CT molecular complexity index is 1430. The number of aliphatic carboxylic acids is 1. The lowest BCUT2D eigenvalue weighted by Gasteiger charge is -2.49. The Kier molecular flexibility index (Phi) is 6.50. The van der Waals surface area contributed by atoms with Gasteiger partial charge in [0.25, 0.3) is 17.6 Å². The average Bonchev–Trinajstić information content (AvgIpc) is 3.51. The van der Waals surface area contributed by atoms with E-state index in [1.807, 2.05) is 0 Å². The van der Waals surface area contributed by atoms with Crippen LogP contribution >= 0.6 is 34.9 Å². The van der Waals surface area contributed by atoms with E-state index in [-0.39, 0.29) is 22.2 Å². The number of aromatic nitrogens is 5. The lowest BCUT2D eigenvalue weighted by Crippen LogP contribution is -2.71. The second-order valence-electron chi connectivity index (χ2n) is 7.37. The Balaban J connectivity index is 1.30. The Morgan fingerprint density at radius 1 is 1.42 bits per heavy atom. The van der Waals surface area contributed by atoms with Gasteiger partial charge in [-0.15, -0.1) is 34.9 Å². The monoisotopic (exact) mass is 547 g/mol. The van der Waals surface area contributed by atoms with Gasteiger partial charge in [0, 0.05) is 23.1 Å². The number of nitrogen functional groups attached to an aromatic ring is 1. The van der Waals surface area contributed by atoms with Gasteiger partial charge in [0.2, 0.25) is 0 Å². The van der Waals surface area contributed by atoms with E-state index in [0.717, 1.165) is 11.3 Å². The summed E-state index contributed by atoms with van der Waals surface area (Å²) >= 11 is 3.83. The average molecular weight is 548 g/mol. The fourth-order valence-electron chi connectivity index (χ4n) is 3.64. The van der Waals surface area contributed by atoms with Crippen LogP contribution in [0, 0.1) is 0 Å². The van der Waals surface area contributed by atoms with Crippen molar-refractivity contribution in [2.75, 3.05) is 24.3 Å². The third kappa shape index (κ3) is 4.35. The van der Waals surface area contributed by atoms with Crippen molar-refractivity contribution in [2.24, 2.45) is 5.16 Å². The van der Waals surface area contributed by atoms with E-state index in [0.29, 0.717) is 27.9 Å². The predicted octanol–water partition coefficient (Wildman–Crippen LogP) is 0.0444. The maximum atomic E-state index is 13.0. The summed E-state index contributed by atoms with van der Waals surface area (Å²) in [6.45, 7) is 0. The number of nitrogens with one attached hydrogen (secondary N) is 1. The SMILES string of the molecule is CON=C(C(=O)N[C@@H]1C(=O)N2C(C(=O)O)=C(CSc3ccn4ncnc4n3)CS[C@H]12)c1csc(N)n1. The first-order valence-corrected chi connectivity index (χ1v) is 13.1. The number of nitrogens with zero attached hydrogens (tertiary/aromatic N) is 7. The van der Waals surface area contributed by atoms with Crippen molar-refractivity contribution in [3.05, 3.63) is 40.9 Å². The molecule has 0 aromatic carbocycles. The van der Waals surface area contributed by atoms with Gasteiger partial charge < -0.3 is 21.0 Å². The van der Waals surface area contributed by atoms with Gasteiger partial charge in [-0.1, -0.05) is 5.16 Å². The molecule has 3 aromatic rings. The number of nitrogens with two attached hydrogens (primary N) is 1. The smallest absolute Gasteiger partial charge is 0.352 e. The zero-order chi connectivity index (χ0) is 25.4. The zero-order valence-electron chi connectivity index (χ0n) is 18.4. The number of rotatable bonds is 8. The molecule has 14 nitrogen and oxygen atoms in total. The minimum Gasteiger partial charge on any atom is -0.477 e. The fourth-order valence-corrected chi connectivity index (χ4v) is 6.52. The number of hydrogen-bond acceptors (Lipinski definition) is 13. The van der Waals surface area contributed by atoms with Crippen LogP contribution in [0.2, 0.25) is 0 Å². The van der Waals surface area contributed by atoms with Crippen molar-refractivity contribution in [1.82, 2.24) is 34.8 Å². The maximum absolute atomic E-state index is 13.0. The normalized spacial score (nSPS) is 19.8. The molecule has 36 heavy (non-hydrogen) atoms. The number of anilines is 1. The second-order valence-corrected chi connectivity index (χ2v) is 10.4. The first kappa shape index (κ1) is 24.0. The van der Waals surface area contributed by atoms with E-state index in [1.54, 1.807) is 17.6 Å². The van der Waals surface area contributed by atoms with E-state index < -0.39 is 29.2 Å². The standard InChI is InChI=1S/C19H17N9O5S3/c1-33-26-11(9-6-36-18(20)23-9)14(29)25-12-15(30)28-13(17(31)32)8(5-35-16(12)28)4-34-10-2-3-27-19(24-10)21-7-22-27/h2-3,6-7,12,16H,4-5H2,1H3,(H2,20,23)(H,25,29)(H,31,32)/t12-,16-/m1/s1.